The molecular weight excluding hydrogens is 164 g/mol. The Morgan fingerprint density at radius 2 is 2.38 bits per heavy atom. The fraction of sp³-hybridized carbons (Fsp3) is 0.700. The van der Waals surface area contributed by atoms with Gasteiger partial charge in [-0.05, 0) is 18.3 Å². The normalized spacial score (nSPS) is 21.4. The lowest BCUT2D eigenvalue weighted by atomic mass is 9.68. The van der Waals surface area contributed by atoms with Crippen molar-refractivity contribution in [1.29, 1.82) is 0 Å². The van der Waals surface area contributed by atoms with Crippen molar-refractivity contribution in [3.05, 3.63) is 18.4 Å². The van der Waals surface area contributed by atoms with E-state index in [1.807, 2.05) is 0 Å². The van der Waals surface area contributed by atoms with Crippen LogP contribution in [0.4, 0.5) is 0 Å². The summed E-state index contributed by atoms with van der Waals surface area (Å²) in [5.74, 6) is 0.921. The first-order chi connectivity index (χ1) is 6.16. The van der Waals surface area contributed by atoms with E-state index in [4.69, 9.17) is 4.42 Å². The maximum atomic E-state index is 5.13. The summed E-state index contributed by atoms with van der Waals surface area (Å²) in [7, 11) is 0. The van der Waals surface area contributed by atoms with Crippen LogP contribution in [0.3, 0.4) is 0 Å². The van der Waals surface area contributed by atoms with Crippen LogP contribution in [0.5, 0.6) is 0 Å². The molecule has 1 saturated carbocycles. The van der Waals surface area contributed by atoms with Gasteiger partial charge in [-0.15, -0.1) is 0 Å². The molecule has 13 heavy (non-hydrogen) atoms. The lowest BCUT2D eigenvalue weighted by molar-refractivity contribution is 0.123. The summed E-state index contributed by atoms with van der Waals surface area (Å²) < 4.78 is 5.13. The van der Waals surface area contributed by atoms with E-state index >= 15 is 0 Å². The molecule has 1 heterocycles. The van der Waals surface area contributed by atoms with E-state index in [1.165, 1.54) is 19.2 Å². The zero-order valence-electron chi connectivity index (χ0n) is 8.21. The lowest BCUT2D eigenvalue weighted by Gasteiger charge is -2.43. The molecule has 0 saturated heterocycles. The number of hydrogen-bond donors (Lipinski definition) is 1. The van der Waals surface area contributed by atoms with Crippen LogP contribution in [-0.2, 0) is 6.54 Å². The Morgan fingerprint density at radius 3 is 2.92 bits per heavy atom. The van der Waals surface area contributed by atoms with Gasteiger partial charge in [0.05, 0.1) is 12.7 Å². The summed E-state index contributed by atoms with van der Waals surface area (Å²) >= 11 is 0. The van der Waals surface area contributed by atoms with Crippen molar-refractivity contribution in [3.8, 4) is 0 Å². The van der Waals surface area contributed by atoms with E-state index in [1.54, 1.807) is 6.20 Å². The molecule has 1 aromatic heterocycles. The van der Waals surface area contributed by atoms with Crippen LogP contribution in [0.15, 0.2) is 17.0 Å². The molecular formula is C10H16N2O. The van der Waals surface area contributed by atoms with Crippen LogP contribution in [-0.4, -0.2) is 11.0 Å². The minimum absolute atomic E-state index is 0.541. The second-order valence-corrected chi connectivity index (χ2v) is 4.62. The fourth-order valence-electron chi connectivity index (χ4n) is 1.99. The van der Waals surface area contributed by atoms with Gasteiger partial charge in [-0.25, -0.2) is 4.98 Å². The maximum absolute atomic E-state index is 5.13. The highest BCUT2D eigenvalue weighted by molar-refractivity contribution is 4.94. The van der Waals surface area contributed by atoms with Crippen LogP contribution in [0.25, 0.3) is 0 Å². The van der Waals surface area contributed by atoms with Gasteiger partial charge in [0, 0.05) is 6.04 Å². The van der Waals surface area contributed by atoms with Crippen molar-refractivity contribution in [1.82, 2.24) is 10.3 Å². The van der Waals surface area contributed by atoms with E-state index in [2.05, 4.69) is 24.1 Å². The molecule has 1 N–H and O–H groups in total. The summed E-state index contributed by atoms with van der Waals surface area (Å²) in [5, 5.41) is 3.44. The molecule has 0 amide bonds. The van der Waals surface area contributed by atoms with Crippen molar-refractivity contribution >= 4 is 0 Å². The third-order valence-electron chi connectivity index (χ3n) is 2.65. The number of nitrogens with one attached hydrogen (secondary N) is 1. The predicted molar refractivity (Wildman–Crippen MR) is 50.1 cm³/mol. The Kier molecular flexibility index (Phi) is 2.12. The number of hydrogen-bond acceptors (Lipinski definition) is 3. The van der Waals surface area contributed by atoms with Gasteiger partial charge in [0.2, 0.25) is 0 Å². The van der Waals surface area contributed by atoms with Gasteiger partial charge in [0.25, 0.3) is 0 Å². The monoisotopic (exact) mass is 180 g/mol. The van der Waals surface area contributed by atoms with Crippen molar-refractivity contribution in [2.75, 3.05) is 0 Å². The predicted octanol–water partition coefficient (Wildman–Crippen LogP) is 1.95. The number of rotatable bonds is 3. The molecule has 0 radical (unpaired) electrons. The van der Waals surface area contributed by atoms with E-state index in [0.29, 0.717) is 11.5 Å². The maximum Gasteiger partial charge on any atom is 0.180 e. The first kappa shape index (κ1) is 8.75. The van der Waals surface area contributed by atoms with E-state index < -0.39 is 0 Å². The Morgan fingerprint density at radius 1 is 1.62 bits per heavy atom. The van der Waals surface area contributed by atoms with E-state index in [-0.39, 0.29) is 0 Å². The van der Waals surface area contributed by atoms with E-state index in [9.17, 15) is 0 Å². The Labute approximate surface area is 78.5 Å². The average molecular weight is 180 g/mol. The van der Waals surface area contributed by atoms with Gasteiger partial charge < -0.3 is 9.73 Å². The molecule has 0 bridgehead atoms. The molecule has 72 valence electrons. The largest absolute Gasteiger partial charge is 0.447 e. The highest BCUT2D eigenvalue weighted by Crippen LogP contribution is 2.39. The van der Waals surface area contributed by atoms with E-state index in [0.717, 1.165) is 12.3 Å². The molecule has 2 rings (SSSR count). The van der Waals surface area contributed by atoms with Crippen LogP contribution in [0, 0.1) is 5.41 Å². The Bertz CT molecular complexity index is 258. The molecule has 1 aromatic rings. The topological polar surface area (TPSA) is 38.1 Å². The van der Waals surface area contributed by atoms with Gasteiger partial charge >= 0.3 is 0 Å². The molecule has 3 nitrogen and oxygen atoms in total. The van der Waals surface area contributed by atoms with Gasteiger partial charge in [-0.2, -0.15) is 0 Å². The molecule has 0 aromatic carbocycles. The van der Waals surface area contributed by atoms with Gasteiger partial charge in [0.1, 0.15) is 5.76 Å². The SMILES string of the molecule is CC1(C)CC(NCc2cnco2)C1. The van der Waals surface area contributed by atoms with Crippen molar-refractivity contribution < 1.29 is 4.42 Å². The third-order valence-corrected chi connectivity index (χ3v) is 2.65. The Hall–Kier alpha value is -0.830. The van der Waals surface area contributed by atoms with Crippen LogP contribution < -0.4 is 5.32 Å². The summed E-state index contributed by atoms with van der Waals surface area (Å²) in [4.78, 5) is 3.87. The summed E-state index contributed by atoms with van der Waals surface area (Å²) in [6.45, 7) is 5.42. The summed E-state index contributed by atoms with van der Waals surface area (Å²) in [5.41, 5.74) is 0.541. The molecule has 0 aliphatic heterocycles. The smallest absolute Gasteiger partial charge is 0.180 e. The van der Waals surface area contributed by atoms with Gasteiger partial charge in [-0.1, -0.05) is 13.8 Å². The lowest BCUT2D eigenvalue weighted by Crippen LogP contribution is -2.45. The molecule has 0 spiro atoms. The van der Waals surface area contributed by atoms with Crippen LogP contribution in [0.2, 0.25) is 0 Å². The minimum atomic E-state index is 0.541. The highest BCUT2D eigenvalue weighted by atomic mass is 16.3. The quantitative estimate of drug-likeness (QED) is 0.772. The first-order valence-electron chi connectivity index (χ1n) is 4.76. The van der Waals surface area contributed by atoms with Crippen molar-refractivity contribution in [2.45, 2.75) is 39.3 Å². The van der Waals surface area contributed by atoms with Gasteiger partial charge in [-0.3, -0.25) is 0 Å². The fourth-order valence-corrected chi connectivity index (χ4v) is 1.99. The summed E-state index contributed by atoms with van der Waals surface area (Å²) in [6.07, 6.45) is 5.76. The van der Waals surface area contributed by atoms with Crippen molar-refractivity contribution in [3.63, 3.8) is 0 Å². The average Bonchev–Trinajstić information content (AvgIpc) is 2.48. The first-order valence-corrected chi connectivity index (χ1v) is 4.76. The Balaban J connectivity index is 1.71. The van der Waals surface area contributed by atoms with Crippen LogP contribution >= 0.6 is 0 Å². The molecule has 1 aliphatic carbocycles. The number of oxazole rings is 1. The minimum Gasteiger partial charge on any atom is -0.447 e. The third kappa shape index (κ3) is 2.10. The zero-order valence-corrected chi connectivity index (χ0v) is 8.21. The molecule has 1 aliphatic rings. The van der Waals surface area contributed by atoms with Gasteiger partial charge in [0.15, 0.2) is 6.39 Å². The number of nitrogens with zero attached hydrogens (tertiary/aromatic N) is 1. The highest BCUT2D eigenvalue weighted by Gasteiger charge is 2.35. The summed E-state index contributed by atoms with van der Waals surface area (Å²) in [6, 6.07) is 0.667. The molecule has 1 fully saturated rings. The van der Waals surface area contributed by atoms with Crippen molar-refractivity contribution in [2.24, 2.45) is 5.41 Å². The molecule has 0 unspecified atom stereocenters. The zero-order chi connectivity index (χ0) is 9.31. The molecule has 0 atom stereocenters. The molecule has 3 heteroatoms. The second kappa shape index (κ2) is 3.14. The van der Waals surface area contributed by atoms with Crippen LogP contribution in [0.1, 0.15) is 32.4 Å². The number of aromatic nitrogens is 1. The standard InChI is InChI=1S/C10H16N2O/c1-10(2)3-8(4-10)12-6-9-5-11-7-13-9/h5,7-8,12H,3-4,6H2,1-2H3. The second-order valence-electron chi connectivity index (χ2n) is 4.62.